The van der Waals surface area contributed by atoms with Gasteiger partial charge < -0.3 is 14.5 Å². The van der Waals surface area contributed by atoms with Gasteiger partial charge in [0.25, 0.3) is 5.91 Å². The number of nitrogens with zero attached hydrogens (tertiary/aromatic N) is 4. The molecule has 0 aliphatic carbocycles. The minimum absolute atomic E-state index is 0.176. The average Bonchev–Trinajstić information content (AvgIpc) is 3.35. The van der Waals surface area contributed by atoms with Gasteiger partial charge in [0.15, 0.2) is 0 Å². The van der Waals surface area contributed by atoms with Gasteiger partial charge in [-0.15, -0.1) is 0 Å². The Morgan fingerprint density at radius 1 is 1.32 bits per heavy atom. The topological polar surface area (TPSA) is 111 Å². The maximum absolute atomic E-state index is 13.1. The Kier molecular flexibility index (Phi) is 4.05. The van der Waals surface area contributed by atoms with Crippen molar-refractivity contribution in [2.75, 3.05) is 18.6 Å². The molecule has 10 heteroatoms. The lowest BCUT2D eigenvalue weighted by Gasteiger charge is -2.34. The molecule has 144 valence electrons. The second kappa shape index (κ2) is 6.21. The molecule has 3 saturated heterocycles. The Bertz CT molecular complexity index is 987. The Morgan fingerprint density at radius 2 is 2.04 bits per heavy atom. The Hall–Kier alpha value is -3.12. The molecule has 2 bridgehead atoms. The molecule has 3 aliphatic rings. The number of esters is 1. The van der Waals surface area contributed by atoms with Crippen LogP contribution < -0.4 is 4.90 Å². The predicted octanol–water partition coefficient (Wildman–Crippen LogP) is 0.813. The molecule has 2 unspecified atom stereocenters. The minimum atomic E-state index is -0.998. The summed E-state index contributed by atoms with van der Waals surface area (Å²) >= 11 is 6.19. The fourth-order valence-corrected chi connectivity index (χ4v) is 4.52. The standard InChI is InChI=1S/C18H15ClN4O5/c1-8-11(4-3-9(6-20)13(8)19)23-15(24)14-12-5-10(22(14)18(23)27)7-21(12)16(25)17(26)28-2/h3-4,10,12,14H,5,7H2,1-2H3/t10?,12?,14-/m1/s1. The summed E-state index contributed by atoms with van der Waals surface area (Å²) in [5, 5.41) is 9.27. The number of ether oxygens (including phenoxy) is 1. The third kappa shape index (κ3) is 2.24. The normalized spacial score (nSPS) is 25.2. The van der Waals surface area contributed by atoms with Crippen LogP contribution in [0, 0.1) is 18.3 Å². The van der Waals surface area contributed by atoms with E-state index >= 15 is 0 Å². The number of carbonyl (C=O) groups excluding carboxylic acids is 4. The summed E-state index contributed by atoms with van der Waals surface area (Å²) in [5.74, 6) is -2.29. The molecule has 4 rings (SSSR count). The maximum Gasteiger partial charge on any atom is 0.396 e. The van der Waals surface area contributed by atoms with E-state index in [0.717, 1.165) is 12.0 Å². The predicted molar refractivity (Wildman–Crippen MR) is 95.3 cm³/mol. The van der Waals surface area contributed by atoms with Crippen molar-refractivity contribution < 1.29 is 23.9 Å². The number of halogens is 1. The number of hydrogen-bond donors (Lipinski definition) is 0. The number of anilines is 1. The third-order valence-corrected chi connectivity index (χ3v) is 6.09. The molecule has 0 radical (unpaired) electrons. The number of nitriles is 1. The van der Waals surface area contributed by atoms with Gasteiger partial charge >= 0.3 is 17.9 Å². The largest absolute Gasteiger partial charge is 0.462 e. The quantitative estimate of drug-likeness (QED) is 0.390. The van der Waals surface area contributed by atoms with Crippen LogP contribution in [0.25, 0.3) is 0 Å². The molecular formula is C18H15ClN4O5. The van der Waals surface area contributed by atoms with Gasteiger partial charge in [0.2, 0.25) is 0 Å². The summed E-state index contributed by atoms with van der Waals surface area (Å²) in [6.45, 7) is 1.80. The molecule has 4 amide bonds. The van der Waals surface area contributed by atoms with Crippen LogP contribution >= 0.6 is 11.6 Å². The molecular weight excluding hydrogens is 388 g/mol. The zero-order valence-corrected chi connectivity index (χ0v) is 15.8. The van der Waals surface area contributed by atoms with Crippen molar-refractivity contribution in [3.05, 3.63) is 28.3 Å². The first-order valence-electron chi connectivity index (χ1n) is 8.56. The Labute approximate surface area is 165 Å². The highest BCUT2D eigenvalue weighted by Gasteiger charge is 2.63. The molecule has 0 aromatic heterocycles. The number of likely N-dealkylation sites (tertiary alicyclic amines) is 1. The Morgan fingerprint density at radius 3 is 2.68 bits per heavy atom. The van der Waals surface area contributed by atoms with Gasteiger partial charge in [0.05, 0.1) is 35.5 Å². The van der Waals surface area contributed by atoms with Crippen molar-refractivity contribution in [2.45, 2.75) is 31.5 Å². The smallest absolute Gasteiger partial charge is 0.396 e. The van der Waals surface area contributed by atoms with Crippen molar-refractivity contribution in [3.63, 3.8) is 0 Å². The number of piperazine rings is 1. The van der Waals surface area contributed by atoms with Gasteiger partial charge in [0.1, 0.15) is 12.1 Å². The van der Waals surface area contributed by atoms with Gasteiger partial charge in [-0.3, -0.25) is 9.59 Å². The summed E-state index contributed by atoms with van der Waals surface area (Å²) in [6.07, 6.45) is 0.436. The van der Waals surface area contributed by atoms with E-state index in [9.17, 15) is 19.2 Å². The van der Waals surface area contributed by atoms with E-state index in [-0.39, 0.29) is 23.2 Å². The summed E-state index contributed by atoms with van der Waals surface area (Å²) in [7, 11) is 1.12. The lowest BCUT2D eigenvalue weighted by Crippen LogP contribution is -2.56. The number of rotatable bonds is 1. The number of benzene rings is 1. The molecule has 3 fully saturated rings. The van der Waals surface area contributed by atoms with Crippen LogP contribution in [0.15, 0.2) is 12.1 Å². The Balaban J connectivity index is 1.69. The number of methoxy groups -OCH3 is 1. The average molecular weight is 403 g/mol. The lowest BCUT2D eigenvalue weighted by atomic mass is 10.1. The zero-order valence-electron chi connectivity index (χ0n) is 15.0. The summed E-state index contributed by atoms with van der Waals surface area (Å²) < 4.78 is 4.49. The second-order valence-electron chi connectivity index (χ2n) is 6.90. The van der Waals surface area contributed by atoms with E-state index in [1.807, 2.05) is 6.07 Å². The van der Waals surface area contributed by atoms with E-state index in [1.165, 1.54) is 21.9 Å². The fraction of sp³-hybridized carbons (Fsp3) is 0.389. The van der Waals surface area contributed by atoms with Crippen LogP contribution in [-0.2, 0) is 19.1 Å². The van der Waals surface area contributed by atoms with Crippen LogP contribution in [-0.4, -0.2) is 65.4 Å². The second-order valence-corrected chi connectivity index (χ2v) is 7.28. The highest BCUT2D eigenvalue weighted by molar-refractivity contribution is 6.34. The van der Waals surface area contributed by atoms with Crippen molar-refractivity contribution in [1.82, 2.24) is 9.80 Å². The highest BCUT2D eigenvalue weighted by Crippen LogP contribution is 2.43. The van der Waals surface area contributed by atoms with E-state index in [4.69, 9.17) is 16.9 Å². The van der Waals surface area contributed by atoms with E-state index in [1.54, 1.807) is 6.92 Å². The molecule has 0 saturated carbocycles. The summed E-state index contributed by atoms with van der Waals surface area (Å²) in [6, 6.07) is 2.65. The number of amides is 4. The lowest BCUT2D eigenvalue weighted by molar-refractivity contribution is -0.160. The molecule has 3 aliphatic heterocycles. The first kappa shape index (κ1) is 18.3. The number of hydrogen-bond acceptors (Lipinski definition) is 6. The van der Waals surface area contributed by atoms with E-state index < -0.39 is 35.9 Å². The molecule has 0 N–H and O–H groups in total. The summed E-state index contributed by atoms with van der Waals surface area (Å²) in [5.41, 5.74) is 0.995. The van der Waals surface area contributed by atoms with Crippen molar-refractivity contribution in [2.24, 2.45) is 0 Å². The monoisotopic (exact) mass is 402 g/mol. The van der Waals surface area contributed by atoms with E-state index in [2.05, 4.69) is 4.74 Å². The SMILES string of the molecule is COC(=O)C(=O)N1CC2CC1[C@@H]1C(=O)N(c3ccc(C#N)c(Cl)c3C)C(=O)N21. The zero-order chi connectivity index (χ0) is 20.3. The van der Waals surface area contributed by atoms with Crippen LogP contribution in [0.1, 0.15) is 17.5 Å². The third-order valence-electron chi connectivity index (χ3n) is 5.60. The molecule has 0 spiro atoms. The van der Waals surface area contributed by atoms with Crippen LogP contribution in [0.3, 0.4) is 0 Å². The number of urea groups is 1. The van der Waals surface area contributed by atoms with Gasteiger partial charge in [-0.25, -0.2) is 14.5 Å². The highest BCUT2D eigenvalue weighted by atomic mass is 35.5. The summed E-state index contributed by atoms with van der Waals surface area (Å²) in [4.78, 5) is 53.8. The number of fused-ring (bicyclic) bond motifs is 5. The van der Waals surface area contributed by atoms with Crippen LogP contribution in [0.4, 0.5) is 10.5 Å². The molecule has 3 atom stereocenters. The molecule has 1 aromatic rings. The first-order chi connectivity index (χ1) is 13.3. The molecule has 9 nitrogen and oxygen atoms in total. The van der Waals surface area contributed by atoms with Gasteiger partial charge in [0, 0.05) is 6.54 Å². The van der Waals surface area contributed by atoms with Crippen molar-refractivity contribution in [1.29, 1.82) is 5.26 Å². The molecule has 1 aromatic carbocycles. The van der Waals surface area contributed by atoms with Crippen LogP contribution in [0.5, 0.6) is 0 Å². The van der Waals surface area contributed by atoms with Gasteiger partial charge in [-0.2, -0.15) is 5.26 Å². The van der Waals surface area contributed by atoms with Gasteiger partial charge in [-0.1, -0.05) is 11.6 Å². The number of carbonyl (C=O) groups is 4. The minimum Gasteiger partial charge on any atom is -0.462 e. The van der Waals surface area contributed by atoms with Crippen LogP contribution in [0.2, 0.25) is 5.02 Å². The molecule has 3 heterocycles. The number of imide groups is 1. The molecule has 28 heavy (non-hydrogen) atoms. The van der Waals surface area contributed by atoms with Crippen molar-refractivity contribution >= 4 is 41.1 Å². The van der Waals surface area contributed by atoms with Crippen molar-refractivity contribution in [3.8, 4) is 6.07 Å². The maximum atomic E-state index is 13.1. The van der Waals surface area contributed by atoms with Gasteiger partial charge in [-0.05, 0) is 31.0 Å². The van der Waals surface area contributed by atoms with E-state index in [0.29, 0.717) is 17.7 Å². The first-order valence-corrected chi connectivity index (χ1v) is 8.94. The fourth-order valence-electron chi connectivity index (χ4n) is 4.32.